The zero-order valence-corrected chi connectivity index (χ0v) is 11.9. The van der Waals surface area contributed by atoms with Crippen LogP contribution in [0.15, 0.2) is 17.0 Å². The molecule has 6 nitrogen and oxygen atoms in total. The number of carbonyl (C=O) groups is 1. The molecule has 0 saturated carbocycles. The predicted molar refractivity (Wildman–Crippen MR) is 71.4 cm³/mol. The van der Waals surface area contributed by atoms with Gasteiger partial charge in [0.25, 0.3) is 0 Å². The van der Waals surface area contributed by atoms with Crippen molar-refractivity contribution >= 4 is 21.6 Å². The fourth-order valence-corrected chi connectivity index (χ4v) is 3.90. The van der Waals surface area contributed by atoms with Crippen LogP contribution in [-0.2, 0) is 14.8 Å². The van der Waals surface area contributed by atoms with Gasteiger partial charge in [-0.05, 0) is 25.0 Å². The Morgan fingerprint density at radius 3 is 2.10 bits per heavy atom. The third-order valence-electron chi connectivity index (χ3n) is 3.47. The van der Waals surface area contributed by atoms with E-state index in [4.69, 9.17) is 11.5 Å². The molecule has 0 radical (unpaired) electrons. The van der Waals surface area contributed by atoms with Crippen molar-refractivity contribution in [3.05, 3.63) is 23.8 Å². The molecule has 1 aromatic carbocycles. The van der Waals surface area contributed by atoms with Gasteiger partial charge in [0.1, 0.15) is 11.6 Å². The summed E-state index contributed by atoms with van der Waals surface area (Å²) in [5.41, 5.74) is 10.2. The first-order valence-electron chi connectivity index (χ1n) is 6.27. The van der Waals surface area contributed by atoms with Gasteiger partial charge in [-0.1, -0.05) is 0 Å². The van der Waals surface area contributed by atoms with Gasteiger partial charge < -0.3 is 11.5 Å². The molecule has 1 aliphatic rings. The van der Waals surface area contributed by atoms with Crippen LogP contribution in [0.25, 0.3) is 0 Å². The van der Waals surface area contributed by atoms with E-state index in [9.17, 15) is 22.0 Å². The number of nitrogen functional groups attached to an aromatic ring is 1. The van der Waals surface area contributed by atoms with E-state index in [2.05, 4.69) is 0 Å². The summed E-state index contributed by atoms with van der Waals surface area (Å²) in [6.07, 6.45) is 0.458. The molecule has 1 aromatic rings. The molecule has 1 aliphatic heterocycles. The number of piperidine rings is 1. The Labute approximate surface area is 120 Å². The zero-order chi connectivity index (χ0) is 15.8. The van der Waals surface area contributed by atoms with Gasteiger partial charge in [0.2, 0.25) is 15.9 Å². The number of anilines is 1. The monoisotopic (exact) mass is 319 g/mol. The molecule has 0 unspecified atom stereocenters. The summed E-state index contributed by atoms with van der Waals surface area (Å²) in [6.45, 7) is -0.0294. The van der Waals surface area contributed by atoms with E-state index >= 15 is 0 Å². The fraction of sp³-hybridized carbons (Fsp3) is 0.417. The Hall–Kier alpha value is -1.74. The number of hydrogen-bond donors (Lipinski definition) is 2. The van der Waals surface area contributed by atoms with E-state index in [1.807, 2.05) is 0 Å². The molecule has 1 saturated heterocycles. The highest BCUT2D eigenvalue weighted by molar-refractivity contribution is 7.89. The lowest BCUT2D eigenvalue weighted by molar-refractivity contribution is -0.122. The number of benzene rings is 1. The van der Waals surface area contributed by atoms with Gasteiger partial charge in [0.15, 0.2) is 4.90 Å². The molecule has 21 heavy (non-hydrogen) atoms. The smallest absolute Gasteiger partial charge is 0.248 e. The molecular weight excluding hydrogens is 304 g/mol. The standard InChI is InChI=1S/C12H15F2N3O3S/c13-9-5-8(15)6-10(14)11(9)21(19,20)17-3-1-7(2-4-17)12(16)18/h5-7H,1-4,15H2,(H2,16,18). The van der Waals surface area contributed by atoms with Crippen LogP contribution in [0.1, 0.15) is 12.8 Å². The molecule has 4 N–H and O–H groups in total. The van der Waals surface area contributed by atoms with Gasteiger partial charge in [-0.3, -0.25) is 4.79 Å². The average molecular weight is 319 g/mol. The summed E-state index contributed by atoms with van der Waals surface area (Å²) in [6, 6.07) is 1.51. The number of sulfonamides is 1. The number of nitrogens with zero attached hydrogens (tertiary/aromatic N) is 1. The summed E-state index contributed by atoms with van der Waals surface area (Å²) in [7, 11) is -4.31. The highest BCUT2D eigenvalue weighted by Gasteiger charge is 2.35. The van der Waals surface area contributed by atoms with Gasteiger partial charge in [0.05, 0.1) is 0 Å². The van der Waals surface area contributed by atoms with Gasteiger partial charge in [-0.15, -0.1) is 0 Å². The van der Waals surface area contributed by atoms with E-state index < -0.39 is 38.4 Å². The summed E-state index contributed by atoms with van der Waals surface area (Å²) >= 11 is 0. The number of amides is 1. The van der Waals surface area contributed by atoms with Crippen molar-refractivity contribution in [2.45, 2.75) is 17.7 Å². The van der Waals surface area contributed by atoms with Crippen LogP contribution in [-0.4, -0.2) is 31.7 Å². The molecule has 9 heteroatoms. The molecule has 2 rings (SSSR count). The summed E-state index contributed by atoms with van der Waals surface area (Å²) in [5, 5.41) is 0. The van der Waals surface area contributed by atoms with Crippen LogP contribution in [0.5, 0.6) is 0 Å². The minimum Gasteiger partial charge on any atom is -0.399 e. The van der Waals surface area contributed by atoms with E-state index in [1.54, 1.807) is 0 Å². The van der Waals surface area contributed by atoms with Crippen LogP contribution in [0, 0.1) is 17.6 Å². The van der Waals surface area contributed by atoms with Crippen molar-refractivity contribution in [1.82, 2.24) is 4.31 Å². The third-order valence-corrected chi connectivity index (χ3v) is 5.43. The maximum Gasteiger partial charge on any atom is 0.248 e. The summed E-state index contributed by atoms with van der Waals surface area (Å²) in [5.74, 6) is -3.39. The molecule has 1 amide bonds. The third kappa shape index (κ3) is 2.98. The average Bonchev–Trinajstić information content (AvgIpc) is 2.37. The van der Waals surface area contributed by atoms with Crippen molar-refractivity contribution in [1.29, 1.82) is 0 Å². The number of rotatable bonds is 3. The van der Waals surface area contributed by atoms with Crippen molar-refractivity contribution in [2.24, 2.45) is 11.7 Å². The Balaban J connectivity index is 2.30. The van der Waals surface area contributed by atoms with Crippen LogP contribution in [0.2, 0.25) is 0 Å². The fourth-order valence-electron chi connectivity index (χ4n) is 2.34. The van der Waals surface area contributed by atoms with Crippen LogP contribution in [0.4, 0.5) is 14.5 Å². The number of primary amides is 1. The number of halogens is 2. The molecule has 0 atom stereocenters. The van der Waals surface area contributed by atoms with Crippen LogP contribution < -0.4 is 11.5 Å². The van der Waals surface area contributed by atoms with Crippen molar-refractivity contribution in [2.75, 3.05) is 18.8 Å². The topological polar surface area (TPSA) is 106 Å². The van der Waals surface area contributed by atoms with Crippen molar-refractivity contribution in [3.63, 3.8) is 0 Å². The van der Waals surface area contributed by atoms with Crippen LogP contribution >= 0.6 is 0 Å². The molecule has 116 valence electrons. The molecule has 0 spiro atoms. The SMILES string of the molecule is NC(=O)C1CCN(S(=O)(=O)c2c(F)cc(N)cc2F)CC1. The summed E-state index contributed by atoms with van der Waals surface area (Å²) in [4.78, 5) is 10.0. The lowest BCUT2D eigenvalue weighted by Crippen LogP contribution is -2.42. The van der Waals surface area contributed by atoms with Gasteiger partial charge in [-0.2, -0.15) is 4.31 Å². The lowest BCUT2D eigenvalue weighted by atomic mass is 9.98. The predicted octanol–water partition coefficient (Wildman–Crippen LogP) is 0.433. The molecule has 0 bridgehead atoms. The molecule has 1 fully saturated rings. The highest BCUT2D eigenvalue weighted by Crippen LogP contribution is 2.28. The molecule has 0 aromatic heterocycles. The number of nitrogens with two attached hydrogens (primary N) is 2. The number of carbonyl (C=O) groups excluding carboxylic acids is 1. The second kappa shape index (κ2) is 5.57. The number of hydrogen-bond acceptors (Lipinski definition) is 4. The maximum atomic E-state index is 13.8. The molecule has 1 heterocycles. The van der Waals surface area contributed by atoms with Crippen molar-refractivity contribution < 1.29 is 22.0 Å². The molecule has 0 aliphatic carbocycles. The first-order chi connectivity index (χ1) is 9.73. The van der Waals surface area contributed by atoms with Gasteiger partial charge in [0, 0.05) is 24.7 Å². The quantitative estimate of drug-likeness (QED) is 0.788. The lowest BCUT2D eigenvalue weighted by Gasteiger charge is -2.29. The first kappa shape index (κ1) is 15.6. The minimum atomic E-state index is -4.31. The Morgan fingerprint density at radius 2 is 1.67 bits per heavy atom. The Morgan fingerprint density at radius 1 is 1.19 bits per heavy atom. The maximum absolute atomic E-state index is 13.8. The van der Waals surface area contributed by atoms with Gasteiger partial charge in [-0.25, -0.2) is 17.2 Å². The second-order valence-electron chi connectivity index (χ2n) is 4.89. The largest absolute Gasteiger partial charge is 0.399 e. The van der Waals surface area contributed by atoms with Gasteiger partial charge >= 0.3 is 0 Å². The Kier molecular flexibility index (Phi) is 4.15. The highest BCUT2D eigenvalue weighted by atomic mass is 32.2. The minimum absolute atomic E-state index is 0.0147. The van der Waals surface area contributed by atoms with E-state index in [0.717, 1.165) is 16.4 Å². The normalized spacial score (nSPS) is 17.8. The van der Waals surface area contributed by atoms with E-state index in [1.165, 1.54) is 0 Å². The van der Waals surface area contributed by atoms with E-state index in [0.29, 0.717) is 0 Å². The Bertz CT molecular complexity index is 647. The van der Waals surface area contributed by atoms with Crippen LogP contribution in [0.3, 0.4) is 0 Å². The van der Waals surface area contributed by atoms with Crippen molar-refractivity contribution in [3.8, 4) is 0 Å². The summed E-state index contributed by atoms with van der Waals surface area (Å²) < 4.78 is 53.1. The van der Waals surface area contributed by atoms with E-state index in [-0.39, 0.29) is 31.6 Å². The zero-order valence-electron chi connectivity index (χ0n) is 11.1. The first-order valence-corrected chi connectivity index (χ1v) is 7.71. The molecular formula is C12H15F2N3O3S. The second-order valence-corrected chi connectivity index (χ2v) is 6.77.